The van der Waals surface area contributed by atoms with E-state index in [2.05, 4.69) is 27.4 Å². The highest BCUT2D eigenvalue weighted by atomic mass is 127. The number of furan rings is 1. The molecule has 2 fully saturated rings. The van der Waals surface area contributed by atoms with Crippen molar-refractivity contribution in [2.45, 2.75) is 64.1 Å². The first kappa shape index (κ1) is 22.0. The maximum atomic E-state index is 11.1. The first-order valence-corrected chi connectivity index (χ1v) is 9.83. The Morgan fingerprint density at radius 1 is 1.26 bits per heavy atom. The second-order valence-electron chi connectivity index (χ2n) is 7.22. The smallest absolute Gasteiger partial charge is 0.284 e. The number of halogens is 1. The highest BCUT2D eigenvalue weighted by Gasteiger charge is 2.27. The molecule has 1 amide bonds. The summed E-state index contributed by atoms with van der Waals surface area (Å²) in [7, 11) is 0. The summed E-state index contributed by atoms with van der Waals surface area (Å²) in [6.45, 7) is 5.57. The Bertz CT molecular complexity index is 619. The number of primary amides is 1. The number of nitrogens with two attached hydrogens (primary N) is 1. The molecule has 7 nitrogen and oxygen atoms in total. The Hall–Kier alpha value is -1.29. The van der Waals surface area contributed by atoms with E-state index in [1.54, 1.807) is 12.1 Å². The Morgan fingerprint density at radius 2 is 1.96 bits per heavy atom. The molecule has 27 heavy (non-hydrogen) atoms. The summed E-state index contributed by atoms with van der Waals surface area (Å²) in [6.07, 6.45) is 7.83. The summed E-state index contributed by atoms with van der Waals surface area (Å²) in [5, 5.41) is 6.83. The molecule has 0 aromatic carbocycles. The predicted molar refractivity (Wildman–Crippen MR) is 117 cm³/mol. The largest absolute Gasteiger partial charge is 0.454 e. The number of likely N-dealkylation sites (tertiary alicyclic amines) is 1. The van der Waals surface area contributed by atoms with E-state index in [4.69, 9.17) is 10.2 Å². The van der Waals surface area contributed by atoms with E-state index in [-0.39, 0.29) is 29.7 Å². The lowest BCUT2D eigenvalue weighted by molar-refractivity contribution is 0.0972. The van der Waals surface area contributed by atoms with Crippen LogP contribution in [0.15, 0.2) is 21.5 Å². The standard InChI is InChI=1S/C19H31N5O2.HI/c1-2-21-19(22-13-16-7-8-17(26-16)18(20)25)23-14-9-11-24(12-10-14)15-5-3-4-6-15;/h7-8,14-15H,2-6,9-13H2,1H3,(H2,20,25)(H2,21,22,23);1H. The van der Waals surface area contributed by atoms with E-state index in [1.165, 1.54) is 38.8 Å². The number of guanidine groups is 1. The number of aliphatic imine (C=N–C) groups is 1. The van der Waals surface area contributed by atoms with Crippen molar-refractivity contribution in [3.63, 3.8) is 0 Å². The van der Waals surface area contributed by atoms with Crippen molar-refractivity contribution in [3.05, 3.63) is 23.7 Å². The fraction of sp³-hybridized carbons (Fsp3) is 0.684. The van der Waals surface area contributed by atoms with Crippen LogP contribution >= 0.6 is 24.0 Å². The van der Waals surface area contributed by atoms with E-state index in [0.29, 0.717) is 18.3 Å². The maximum absolute atomic E-state index is 11.1. The van der Waals surface area contributed by atoms with E-state index in [9.17, 15) is 4.79 Å². The van der Waals surface area contributed by atoms with Crippen LogP contribution in [0.2, 0.25) is 0 Å². The first-order valence-electron chi connectivity index (χ1n) is 9.83. The van der Waals surface area contributed by atoms with Gasteiger partial charge in [-0.2, -0.15) is 0 Å². The molecule has 0 atom stereocenters. The molecule has 3 rings (SSSR count). The number of nitrogens with one attached hydrogen (secondary N) is 2. The maximum Gasteiger partial charge on any atom is 0.284 e. The second-order valence-corrected chi connectivity index (χ2v) is 7.22. The van der Waals surface area contributed by atoms with E-state index in [0.717, 1.165) is 31.4 Å². The number of hydrogen-bond acceptors (Lipinski definition) is 4. The van der Waals surface area contributed by atoms with Crippen molar-refractivity contribution >= 4 is 35.8 Å². The van der Waals surface area contributed by atoms with Crippen molar-refractivity contribution in [1.82, 2.24) is 15.5 Å². The third-order valence-electron chi connectivity index (χ3n) is 5.35. The Balaban J connectivity index is 0.00000261. The quantitative estimate of drug-likeness (QED) is 0.324. The minimum atomic E-state index is -0.556. The van der Waals surface area contributed by atoms with Crippen molar-refractivity contribution in [1.29, 1.82) is 0 Å². The lowest BCUT2D eigenvalue weighted by atomic mass is 10.0. The zero-order chi connectivity index (χ0) is 18.4. The summed E-state index contributed by atoms with van der Waals surface area (Å²) in [4.78, 5) is 18.4. The molecule has 0 radical (unpaired) electrons. The van der Waals surface area contributed by atoms with Gasteiger partial charge >= 0.3 is 0 Å². The van der Waals surface area contributed by atoms with Crippen LogP contribution in [0.5, 0.6) is 0 Å². The third kappa shape index (κ3) is 6.38. The number of carbonyl (C=O) groups is 1. The molecule has 0 spiro atoms. The lowest BCUT2D eigenvalue weighted by Gasteiger charge is -2.36. The molecule has 1 aliphatic heterocycles. The molecule has 4 N–H and O–H groups in total. The molecule has 152 valence electrons. The molecule has 2 aliphatic rings. The molecular formula is C19H32IN5O2. The predicted octanol–water partition coefficient (Wildman–Crippen LogP) is 2.46. The van der Waals surface area contributed by atoms with Crippen LogP contribution < -0.4 is 16.4 Å². The SMILES string of the molecule is CCNC(=NCc1ccc(C(N)=O)o1)NC1CCN(C2CCCC2)CC1.I. The highest BCUT2D eigenvalue weighted by molar-refractivity contribution is 14.0. The number of amides is 1. The Labute approximate surface area is 178 Å². The summed E-state index contributed by atoms with van der Waals surface area (Å²) in [5.74, 6) is 1.04. The van der Waals surface area contributed by atoms with Gasteiger partial charge in [-0.3, -0.25) is 4.79 Å². The zero-order valence-corrected chi connectivity index (χ0v) is 18.4. The molecule has 1 saturated heterocycles. The second kappa shape index (κ2) is 10.9. The van der Waals surface area contributed by atoms with Crippen LogP contribution in [0.3, 0.4) is 0 Å². The van der Waals surface area contributed by atoms with Gasteiger partial charge in [0.25, 0.3) is 5.91 Å². The van der Waals surface area contributed by atoms with Crippen molar-refractivity contribution < 1.29 is 9.21 Å². The molecule has 1 aromatic heterocycles. The van der Waals surface area contributed by atoms with Crippen LogP contribution in [0.1, 0.15) is 61.8 Å². The van der Waals surface area contributed by atoms with Gasteiger partial charge in [-0.25, -0.2) is 4.99 Å². The molecule has 2 heterocycles. The highest BCUT2D eigenvalue weighted by Crippen LogP contribution is 2.26. The zero-order valence-electron chi connectivity index (χ0n) is 16.1. The molecular weight excluding hydrogens is 457 g/mol. The number of rotatable bonds is 6. The van der Waals surface area contributed by atoms with Crippen LogP contribution in [0.25, 0.3) is 0 Å². The minimum Gasteiger partial charge on any atom is -0.454 e. The van der Waals surface area contributed by atoms with Crippen molar-refractivity contribution in [3.8, 4) is 0 Å². The first-order chi connectivity index (χ1) is 12.7. The molecule has 1 aliphatic carbocycles. The number of nitrogens with zero attached hydrogens (tertiary/aromatic N) is 2. The van der Waals surface area contributed by atoms with Crippen LogP contribution in [0, 0.1) is 0 Å². The Morgan fingerprint density at radius 3 is 2.56 bits per heavy atom. The van der Waals surface area contributed by atoms with Gasteiger partial charge in [0.05, 0.1) is 0 Å². The molecule has 1 aromatic rings. The van der Waals surface area contributed by atoms with E-state index < -0.39 is 5.91 Å². The molecule has 0 bridgehead atoms. The van der Waals surface area contributed by atoms with Gasteiger partial charge in [-0.1, -0.05) is 12.8 Å². The van der Waals surface area contributed by atoms with Gasteiger partial charge in [0.2, 0.25) is 0 Å². The third-order valence-corrected chi connectivity index (χ3v) is 5.35. The minimum absolute atomic E-state index is 0. The monoisotopic (exact) mass is 489 g/mol. The normalized spacial score (nSPS) is 19.7. The van der Waals surface area contributed by atoms with Crippen molar-refractivity contribution in [2.75, 3.05) is 19.6 Å². The summed E-state index contributed by atoms with van der Waals surface area (Å²) in [5.41, 5.74) is 5.21. The molecule has 8 heteroatoms. The number of carbonyl (C=O) groups excluding carboxylic acids is 1. The van der Waals surface area contributed by atoms with Gasteiger partial charge in [0.1, 0.15) is 12.3 Å². The lowest BCUT2D eigenvalue weighted by Crippen LogP contribution is -2.50. The van der Waals surface area contributed by atoms with Gasteiger partial charge in [0, 0.05) is 31.7 Å². The van der Waals surface area contributed by atoms with E-state index in [1.807, 2.05) is 0 Å². The van der Waals surface area contributed by atoms with Gasteiger partial charge in [-0.05, 0) is 44.7 Å². The number of piperidine rings is 1. The van der Waals surface area contributed by atoms with Gasteiger partial charge in [0.15, 0.2) is 11.7 Å². The summed E-state index contributed by atoms with van der Waals surface area (Å²) < 4.78 is 5.39. The van der Waals surface area contributed by atoms with Crippen LogP contribution in [0.4, 0.5) is 0 Å². The van der Waals surface area contributed by atoms with Gasteiger partial charge in [-0.15, -0.1) is 24.0 Å². The topological polar surface area (TPSA) is 95.9 Å². The fourth-order valence-corrected chi connectivity index (χ4v) is 3.94. The average Bonchev–Trinajstić information content (AvgIpc) is 3.32. The van der Waals surface area contributed by atoms with Crippen LogP contribution in [-0.4, -0.2) is 48.5 Å². The number of hydrogen-bond donors (Lipinski definition) is 3. The van der Waals surface area contributed by atoms with Crippen LogP contribution in [-0.2, 0) is 6.54 Å². The summed E-state index contributed by atoms with van der Waals surface area (Å²) in [6, 6.07) is 4.60. The summed E-state index contributed by atoms with van der Waals surface area (Å²) >= 11 is 0. The van der Waals surface area contributed by atoms with Gasteiger partial charge < -0.3 is 25.7 Å². The fourth-order valence-electron chi connectivity index (χ4n) is 3.94. The molecule has 1 saturated carbocycles. The average molecular weight is 489 g/mol. The molecule has 0 unspecified atom stereocenters. The van der Waals surface area contributed by atoms with Crippen molar-refractivity contribution in [2.24, 2.45) is 10.7 Å². The Kier molecular flexibility index (Phi) is 8.88. The van der Waals surface area contributed by atoms with E-state index >= 15 is 0 Å².